The van der Waals surface area contributed by atoms with E-state index in [0.29, 0.717) is 0 Å². The average Bonchev–Trinajstić information content (AvgIpc) is 2.67. The third-order valence-corrected chi connectivity index (χ3v) is 2.98. The van der Waals surface area contributed by atoms with Crippen LogP contribution in [0, 0.1) is 0 Å². The maximum Gasteiger partial charge on any atom is 2.00 e. The van der Waals surface area contributed by atoms with E-state index in [1.165, 1.54) is 0 Å². The zero-order valence-electron chi connectivity index (χ0n) is 6.13. The van der Waals surface area contributed by atoms with Crippen LogP contribution in [0.4, 0.5) is 0 Å². The van der Waals surface area contributed by atoms with Gasteiger partial charge in [-0.25, -0.2) is 12.1 Å². The smallest absolute Gasteiger partial charge is 0.214 e. The first-order valence-corrected chi connectivity index (χ1v) is 6.13. The summed E-state index contributed by atoms with van der Waals surface area (Å²) in [6.45, 7) is 0. The van der Waals surface area contributed by atoms with Crippen LogP contribution in [-0.4, -0.2) is 17.4 Å². The topological polar surface area (TPSA) is 0 Å². The molecule has 0 amide bonds. The zero-order valence-corrected chi connectivity index (χ0v) is 9.65. The van der Waals surface area contributed by atoms with Crippen molar-refractivity contribution in [3.63, 3.8) is 0 Å². The van der Waals surface area contributed by atoms with Gasteiger partial charge < -0.3 is 0 Å². The molecule has 2 radical (unpaired) electrons. The summed E-state index contributed by atoms with van der Waals surface area (Å²) in [5.74, 6) is 0. The first-order valence-electron chi connectivity index (χ1n) is 3.33. The van der Waals surface area contributed by atoms with Crippen molar-refractivity contribution < 1.29 is 17.1 Å². The Hall–Kier alpha value is -0.0142. The Labute approximate surface area is 86.0 Å². The fourth-order valence-electron chi connectivity index (χ4n) is 0.642. The van der Waals surface area contributed by atoms with Crippen LogP contribution in [-0.2, 0) is 17.1 Å². The summed E-state index contributed by atoms with van der Waals surface area (Å²) in [6.07, 6.45) is 4.25. The number of rotatable bonds is 0. The predicted octanol–water partition coefficient (Wildman–Crippen LogP) is 2.13. The summed E-state index contributed by atoms with van der Waals surface area (Å²) in [6, 6.07) is 10.0. The van der Waals surface area contributed by atoms with Crippen molar-refractivity contribution in [2.45, 2.75) is 0 Å². The van der Waals surface area contributed by atoms with Gasteiger partial charge >= 0.3 is 55.9 Å². The molecule has 0 N–H and O–H groups in total. The van der Waals surface area contributed by atoms with Crippen LogP contribution in [0.25, 0.3) is 0 Å². The third-order valence-electron chi connectivity index (χ3n) is 1.11. The van der Waals surface area contributed by atoms with Crippen molar-refractivity contribution in [2.75, 3.05) is 0 Å². The van der Waals surface area contributed by atoms with Crippen molar-refractivity contribution in [3.05, 3.63) is 51.7 Å². The molecule has 1 aromatic rings. The normalized spacial score (nSPS) is 11.6. The van der Waals surface area contributed by atoms with Crippen LogP contribution in [0.5, 0.6) is 0 Å². The first kappa shape index (κ1) is 11.0. The van der Waals surface area contributed by atoms with Crippen molar-refractivity contribution in [3.8, 4) is 0 Å². The van der Waals surface area contributed by atoms with Crippen LogP contribution in [0.15, 0.2) is 51.7 Å². The molecule has 0 nitrogen and oxygen atoms in total. The molecule has 0 saturated heterocycles. The van der Waals surface area contributed by atoms with Gasteiger partial charge in [0.15, 0.2) is 0 Å². The van der Waals surface area contributed by atoms with E-state index in [-0.39, 0.29) is 34.5 Å². The Morgan fingerprint density at radius 2 is 1.45 bits per heavy atom. The standard InChI is InChI=1S/C5H5.C4H4.Fe.Ga/c1-2-4-5-3-1;1-3-4-2;;/h1-5H;1-4H;;/q-1;;+2;-1. The van der Waals surface area contributed by atoms with Crippen LogP contribution in [0.2, 0.25) is 0 Å². The molecule has 0 atom stereocenters. The second-order valence-electron chi connectivity index (χ2n) is 1.92. The van der Waals surface area contributed by atoms with Crippen LogP contribution >= 0.6 is 0 Å². The van der Waals surface area contributed by atoms with Gasteiger partial charge in [0, 0.05) is 0 Å². The van der Waals surface area contributed by atoms with Gasteiger partial charge in [-0.05, 0) is 0 Å². The SMILES string of the molecule is C1=[CH][Ga-][CH]=C1.[Fe+2].c1cc[cH-]c1. The van der Waals surface area contributed by atoms with Gasteiger partial charge in [-0.15, -0.1) is 0 Å². The minimum absolute atomic E-state index is 0. The van der Waals surface area contributed by atoms with E-state index in [0.717, 1.165) is 0 Å². The second-order valence-corrected chi connectivity index (χ2v) is 4.35. The molecule has 1 heterocycles. The Morgan fingerprint density at radius 3 is 1.64 bits per heavy atom. The Bertz CT molecular complexity index is 172. The summed E-state index contributed by atoms with van der Waals surface area (Å²) >= 11 is 0.0625. The molecule has 1 aliphatic rings. The molecule has 0 aliphatic carbocycles. The molecule has 0 unspecified atom stereocenters. The van der Waals surface area contributed by atoms with E-state index in [1.54, 1.807) is 0 Å². The molecule has 0 bridgehead atoms. The molecule has 2 rings (SSSR count). The van der Waals surface area contributed by atoms with Crippen molar-refractivity contribution >= 4 is 17.4 Å². The van der Waals surface area contributed by atoms with Gasteiger partial charge in [0.2, 0.25) is 0 Å². The monoisotopic (exact) mass is 242 g/mol. The summed E-state index contributed by atoms with van der Waals surface area (Å²) in [5, 5.41) is 0. The summed E-state index contributed by atoms with van der Waals surface area (Å²) in [7, 11) is 0. The van der Waals surface area contributed by atoms with E-state index in [1.807, 2.05) is 30.3 Å². The Kier molecular flexibility index (Phi) is 8.08. The van der Waals surface area contributed by atoms with E-state index >= 15 is 0 Å². The fraction of sp³-hybridized carbons (Fsp3) is 0. The number of hydrogen-bond acceptors (Lipinski definition) is 0. The number of hydrogen-bond donors (Lipinski definition) is 0. The predicted molar refractivity (Wildman–Crippen MR) is 46.1 cm³/mol. The Morgan fingerprint density at radius 1 is 0.909 bits per heavy atom. The minimum atomic E-state index is 0. The van der Waals surface area contributed by atoms with Crippen molar-refractivity contribution in [1.29, 1.82) is 0 Å². The molecular weight excluding hydrogens is 234 g/mol. The molecule has 0 saturated carbocycles. The zero-order chi connectivity index (χ0) is 7.07. The van der Waals surface area contributed by atoms with Gasteiger partial charge in [0.1, 0.15) is 0 Å². The maximum atomic E-state index is 2.28. The summed E-state index contributed by atoms with van der Waals surface area (Å²) in [5.41, 5.74) is 0. The number of allylic oxidation sites excluding steroid dienone is 2. The maximum absolute atomic E-state index is 2.28. The average molecular weight is 243 g/mol. The molecule has 0 aromatic heterocycles. The summed E-state index contributed by atoms with van der Waals surface area (Å²) in [4.78, 5) is 0. The van der Waals surface area contributed by atoms with Crippen LogP contribution in [0.1, 0.15) is 0 Å². The second kappa shape index (κ2) is 8.09. The van der Waals surface area contributed by atoms with E-state index in [4.69, 9.17) is 0 Å². The molecule has 56 valence electrons. The molecule has 11 heavy (non-hydrogen) atoms. The molecule has 1 aliphatic heterocycles. The van der Waals surface area contributed by atoms with Gasteiger partial charge in [0.25, 0.3) is 0 Å². The van der Waals surface area contributed by atoms with E-state index < -0.39 is 0 Å². The minimum Gasteiger partial charge on any atom is -0.214 e. The van der Waals surface area contributed by atoms with Crippen molar-refractivity contribution in [1.82, 2.24) is 0 Å². The first-order chi connectivity index (χ1) is 5.00. The van der Waals surface area contributed by atoms with Crippen LogP contribution < -0.4 is 0 Å². The van der Waals surface area contributed by atoms with E-state index in [9.17, 15) is 0 Å². The molecule has 2 heteroatoms. The fourth-order valence-corrected chi connectivity index (χ4v) is 1.99. The largest absolute Gasteiger partial charge is 2.00 e. The Balaban J connectivity index is 0.000000167. The van der Waals surface area contributed by atoms with E-state index in [2.05, 4.69) is 21.4 Å². The molecular formula is C9H9FeGa. The molecule has 1 aromatic carbocycles. The third kappa shape index (κ3) is 6.39. The van der Waals surface area contributed by atoms with Gasteiger partial charge in [-0.1, -0.05) is 0 Å². The molecule has 0 fully saturated rings. The summed E-state index contributed by atoms with van der Waals surface area (Å²) < 4.78 is 4.56. The van der Waals surface area contributed by atoms with Gasteiger partial charge in [-0.2, -0.15) is 18.2 Å². The van der Waals surface area contributed by atoms with Crippen LogP contribution in [0.3, 0.4) is 0 Å². The van der Waals surface area contributed by atoms with Crippen molar-refractivity contribution in [2.24, 2.45) is 0 Å². The van der Waals surface area contributed by atoms with Gasteiger partial charge in [-0.3, -0.25) is 0 Å². The molecule has 0 spiro atoms. The van der Waals surface area contributed by atoms with Gasteiger partial charge in [0.05, 0.1) is 0 Å². The quantitative estimate of drug-likeness (QED) is 0.483.